The molecule has 0 saturated carbocycles. The molecule has 2 N–H and O–H groups in total. The third-order valence-electron chi connectivity index (χ3n) is 3.72. The van der Waals surface area contributed by atoms with E-state index in [0.29, 0.717) is 16.9 Å². The lowest BCUT2D eigenvalue weighted by molar-refractivity contribution is -0.131. The molecule has 142 valence electrons. The molecular formula is C21H24N2O4. The van der Waals surface area contributed by atoms with Gasteiger partial charge in [0.15, 0.2) is 5.75 Å². The molecule has 0 saturated heterocycles. The lowest BCUT2D eigenvalue weighted by atomic mass is 9.95. The number of esters is 1. The third kappa shape index (κ3) is 5.67. The number of carbonyl (C=O) groups excluding carboxylic acids is 3. The minimum Gasteiger partial charge on any atom is -0.424 e. The molecule has 0 unspecified atom stereocenters. The molecule has 0 aliphatic heterocycles. The fourth-order valence-corrected chi connectivity index (χ4v) is 2.20. The number of nitrogens with one attached hydrogen (secondary N) is 2. The van der Waals surface area contributed by atoms with E-state index in [-0.39, 0.29) is 17.6 Å². The van der Waals surface area contributed by atoms with Crippen LogP contribution in [0.25, 0.3) is 0 Å². The second-order valence-corrected chi connectivity index (χ2v) is 7.33. The van der Waals surface area contributed by atoms with E-state index >= 15 is 0 Å². The number of amides is 2. The lowest BCUT2D eigenvalue weighted by Gasteiger charge is -2.17. The van der Waals surface area contributed by atoms with Crippen molar-refractivity contribution in [2.24, 2.45) is 5.41 Å². The summed E-state index contributed by atoms with van der Waals surface area (Å²) in [7, 11) is 0. The van der Waals surface area contributed by atoms with E-state index in [1.165, 1.54) is 6.92 Å². The van der Waals surface area contributed by atoms with Crippen molar-refractivity contribution in [3.05, 3.63) is 53.6 Å². The van der Waals surface area contributed by atoms with Gasteiger partial charge >= 0.3 is 5.97 Å². The van der Waals surface area contributed by atoms with Gasteiger partial charge in [0.05, 0.1) is 5.69 Å². The van der Waals surface area contributed by atoms with Crippen LogP contribution < -0.4 is 15.4 Å². The Balaban J connectivity index is 2.14. The van der Waals surface area contributed by atoms with Gasteiger partial charge in [-0.3, -0.25) is 14.4 Å². The normalized spacial score (nSPS) is 10.9. The predicted molar refractivity (Wildman–Crippen MR) is 105 cm³/mol. The molecule has 2 aromatic rings. The summed E-state index contributed by atoms with van der Waals surface area (Å²) >= 11 is 0. The van der Waals surface area contributed by atoms with Crippen LogP contribution in [-0.4, -0.2) is 17.8 Å². The van der Waals surface area contributed by atoms with Crippen LogP contribution in [0.3, 0.4) is 0 Å². The Bertz CT molecular complexity index is 865. The first-order valence-electron chi connectivity index (χ1n) is 8.58. The lowest BCUT2D eigenvalue weighted by Crippen LogP contribution is -2.27. The molecule has 0 bridgehead atoms. The molecule has 6 heteroatoms. The highest BCUT2D eigenvalue weighted by molar-refractivity contribution is 6.05. The zero-order valence-corrected chi connectivity index (χ0v) is 16.2. The first kappa shape index (κ1) is 20.2. The van der Waals surface area contributed by atoms with Crippen molar-refractivity contribution < 1.29 is 19.1 Å². The molecule has 2 rings (SSSR count). The van der Waals surface area contributed by atoms with Crippen LogP contribution in [0, 0.1) is 12.3 Å². The number of aryl methyl sites for hydroxylation is 1. The van der Waals surface area contributed by atoms with Crippen LogP contribution in [0.4, 0.5) is 11.4 Å². The Morgan fingerprint density at radius 1 is 0.926 bits per heavy atom. The van der Waals surface area contributed by atoms with Gasteiger partial charge in [-0.1, -0.05) is 26.8 Å². The fourth-order valence-electron chi connectivity index (χ4n) is 2.20. The second-order valence-electron chi connectivity index (χ2n) is 7.33. The van der Waals surface area contributed by atoms with E-state index in [2.05, 4.69) is 10.6 Å². The van der Waals surface area contributed by atoms with Crippen LogP contribution >= 0.6 is 0 Å². The molecule has 6 nitrogen and oxygen atoms in total. The zero-order chi connectivity index (χ0) is 20.2. The van der Waals surface area contributed by atoms with Crippen LogP contribution in [0.5, 0.6) is 5.75 Å². The zero-order valence-electron chi connectivity index (χ0n) is 16.2. The van der Waals surface area contributed by atoms with Crippen LogP contribution in [0.2, 0.25) is 0 Å². The summed E-state index contributed by atoms with van der Waals surface area (Å²) in [6, 6.07) is 11.7. The first-order valence-corrected chi connectivity index (χ1v) is 8.58. The molecular weight excluding hydrogens is 344 g/mol. The maximum absolute atomic E-state index is 12.5. The predicted octanol–water partition coefficient (Wildman–Crippen LogP) is 4.16. The Labute approximate surface area is 158 Å². The van der Waals surface area contributed by atoms with Crippen molar-refractivity contribution in [3.8, 4) is 5.75 Å². The Kier molecular flexibility index (Phi) is 6.00. The number of anilines is 2. The maximum Gasteiger partial charge on any atom is 0.308 e. The molecule has 0 aliphatic rings. The van der Waals surface area contributed by atoms with E-state index in [9.17, 15) is 14.4 Å². The summed E-state index contributed by atoms with van der Waals surface area (Å²) in [6.45, 7) is 8.65. The average Bonchev–Trinajstić information content (AvgIpc) is 2.56. The van der Waals surface area contributed by atoms with Gasteiger partial charge in [-0.15, -0.1) is 0 Å². The highest BCUT2D eigenvalue weighted by atomic mass is 16.5. The monoisotopic (exact) mass is 368 g/mol. The number of carbonyl (C=O) groups is 3. The van der Waals surface area contributed by atoms with E-state index in [0.717, 1.165) is 5.56 Å². The minimum absolute atomic E-state index is 0.106. The SMILES string of the molecule is CC(=O)Oc1ccc(C)cc1NC(=O)c1ccc(NC(=O)C(C)(C)C)cc1. The minimum atomic E-state index is -0.506. The van der Waals surface area contributed by atoms with Crippen LogP contribution in [-0.2, 0) is 9.59 Å². The van der Waals surface area contributed by atoms with Gasteiger partial charge < -0.3 is 15.4 Å². The van der Waals surface area contributed by atoms with Gasteiger partial charge in [-0.2, -0.15) is 0 Å². The summed E-state index contributed by atoms with van der Waals surface area (Å²) in [6.07, 6.45) is 0. The van der Waals surface area contributed by atoms with Crippen LogP contribution in [0.15, 0.2) is 42.5 Å². The number of hydrogen-bond acceptors (Lipinski definition) is 4. The molecule has 2 aromatic carbocycles. The van der Waals surface area contributed by atoms with Gasteiger partial charge in [-0.25, -0.2) is 0 Å². The topological polar surface area (TPSA) is 84.5 Å². The summed E-state index contributed by atoms with van der Waals surface area (Å²) in [5.74, 6) is -0.628. The Morgan fingerprint density at radius 3 is 2.11 bits per heavy atom. The third-order valence-corrected chi connectivity index (χ3v) is 3.72. The van der Waals surface area contributed by atoms with Crippen molar-refractivity contribution in [2.75, 3.05) is 10.6 Å². The summed E-state index contributed by atoms with van der Waals surface area (Å²) < 4.78 is 5.13. The van der Waals surface area contributed by atoms with Gasteiger partial charge in [-0.05, 0) is 48.9 Å². The van der Waals surface area contributed by atoms with E-state index in [1.807, 2.05) is 27.7 Å². The van der Waals surface area contributed by atoms with Crippen molar-refractivity contribution in [1.29, 1.82) is 0 Å². The van der Waals surface area contributed by atoms with E-state index in [1.54, 1.807) is 42.5 Å². The molecule has 0 aliphatic carbocycles. The summed E-state index contributed by atoms with van der Waals surface area (Å²) in [5, 5.41) is 5.56. The summed E-state index contributed by atoms with van der Waals surface area (Å²) in [4.78, 5) is 35.8. The van der Waals surface area contributed by atoms with Gasteiger partial charge in [0, 0.05) is 23.6 Å². The molecule has 27 heavy (non-hydrogen) atoms. The van der Waals surface area contributed by atoms with Gasteiger partial charge in [0.2, 0.25) is 5.91 Å². The highest BCUT2D eigenvalue weighted by Gasteiger charge is 2.21. The fraction of sp³-hybridized carbons (Fsp3) is 0.286. The Morgan fingerprint density at radius 2 is 1.56 bits per heavy atom. The largest absolute Gasteiger partial charge is 0.424 e. The van der Waals surface area contributed by atoms with E-state index < -0.39 is 11.4 Å². The molecule has 0 radical (unpaired) electrons. The van der Waals surface area contributed by atoms with E-state index in [4.69, 9.17) is 4.74 Å². The highest BCUT2D eigenvalue weighted by Crippen LogP contribution is 2.26. The maximum atomic E-state index is 12.5. The van der Waals surface area contributed by atoms with Gasteiger partial charge in [0.1, 0.15) is 0 Å². The molecule has 2 amide bonds. The quantitative estimate of drug-likeness (QED) is 0.627. The number of hydrogen-bond donors (Lipinski definition) is 2. The Hall–Kier alpha value is -3.15. The number of benzene rings is 2. The molecule has 0 spiro atoms. The second kappa shape index (κ2) is 8.03. The number of ether oxygens (including phenoxy) is 1. The smallest absolute Gasteiger partial charge is 0.308 e. The standard InChI is InChI=1S/C21H24N2O4/c1-13-6-11-18(27-14(2)24)17(12-13)23-19(25)15-7-9-16(10-8-15)22-20(26)21(3,4)5/h6-12H,1-5H3,(H,22,26)(H,23,25). The summed E-state index contributed by atoms with van der Waals surface area (Å²) in [5.41, 5.74) is 1.86. The molecule has 0 aromatic heterocycles. The molecule has 0 fully saturated rings. The molecule has 0 atom stereocenters. The van der Waals surface area contributed by atoms with Crippen molar-refractivity contribution in [2.45, 2.75) is 34.6 Å². The van der Waals surface area contributed by atoms with Crippen molar-refractivity contribution in [1.82, 2.24) is 0 Å². The van der Waals surface area contributed by atoms with Crippen molar-refractivity contribution >= 4 is 29.2 Å². The average molecular weight is 368 g/mol. The first-order chi connectivity index (χ1) is 12.6. The van der Waals surface area contributed by atoms with Crippen molar-refractivity contribution in [3.63, 3.8) is 0 Å². The van der Waals surface area contributed by atoms with Gasteiger partial charge in [0.25, 0.3) is 5.91 Å². The molecule has 0 heterocycles. The van der Waals surface area contributed by atoms with Crippen LogP contribution in [0.1, 0.15) is 43.6 Å². The number of rotatable bonds is 4.